The number of aliphatic carboxylic acids is 1. The molecule has 0 unspecified atom stereocenters. The molecular weight excluding hydrogens is 592 g/mol. The van der Waals surface area contributed by atoms with Gasteiger partial charge in [0.25, 0.3) is 11.8 Å². The van der Waals surface area contributed by atoms with Gasteiger partial charge >= 0.3 is 5.97 Å². The van der Waals surface area contributed by atoms with E-state index in [0.717, 1.165) is 10.5 Å². The largest absolute Gasteiger partial charge is 0.481 e. The van der Waals surface area contributed by atoms with E-state index in [1.54, 1.807) is 12.1 Å². The number of amides is 2. The molecule has 0 aromatic heterocycles. The van der Waals surface area contributed by atoms with Gasteiger partial charge in [0, 0.05) is 25.6 Å². The summed E-state index contributed by atoms with van der Waals surface area (Å²) in [6, 6.07) is 5.34. The Morgan fingerprint density at radius 1 is 1.07 bits per heavy atom. The number of nitrogens with zero attached hydrogens (tertiary/aromatic N) is 1. The topological polar surface area (TPSA) is 139 Å². The van der Waals surface area contributed by atoms with Crippen molar-refractivity contribution in [1.82, 2.24) is 10.2 Å². The number of benzene rings is 2. The lowest BCUT2D eigenvalue weighted by Gasteiger charge is -2.25. The van der Waals surface area contributed by atoms with E-state index < -0.39 is 83.5 Å². The Morgan fingerprint density at radius 3 is 2.32 bits per heavy atom. The van der Waals surface area contributed by atoms with Gasteiger partial charge in [-0.1, -0.05) is 45.0 Å². The zero-order valence-electron chi connectivity index (χ0n) is 24.3. The molecule has 2 amide bonds. The first-order valence-electron chi connectivity index (χ1n) is 13.6. The molecular formula is C30H32F4N2O8. The van der Waals surface area contributed by atoms with Gasteiger partial charge in [0.2, 0.25) is 17.4 Å². The van der Waals surface area contributed by atoms with Gasteiger partial charge in [-0.3, -0.25) is 24.0 Å². The summed E-state index contributed by atoms with van der Waals surface area (Å²) in [6.07, 6.45) is -2.30. The maximum Gasteiger partial charge on any atom is 0.305 e. The van der Waals surface area contributed by atoms with Gasteiger partial charge in [0.05, 0.1) is 13.0 Å². The van der Waals surface area contributed by atoms with Crippen molar-refractivity contribution in [3.8, 4) is 5.75 Å². The number of carbonyl (C=O) groups excluding carboxylic acids is 4. The number of carboxylic acid groups (broad SMARTS) is 1. The Kier molecular flexibility index (Phi) is 11.2. The maximum absolute atomic E-state index is 13.9. The lowest BCUT2D eigenvalue weighted by molar-refractivity contribution is -0.146. The van der Waals surface area contributed by atoms with Crippen LogP contribution in [-0.4, -0.2) is 77.8 Å². The molecule has 238 valence electrons. The smallest absolute Gasteiger partial charge is 0.305 e. The number of hydrogen-bond acceptors (Lipinski definition) is 7. The highest BCUT2D eigenvalue weighted by atomic mass is 19.2. The zero-order valence-corrected chi connectivity index (χ0v) is 24.3. The van der Waals surface area contributed by atoms with Gasteiger partial charge in [0.15, 0.2) is 29.3 Å². The molecule has 1 heterocycles. The molecule has 0 aliphatic carbocycles. The molecule has 44 heavy (non-hydrogen) atoms. The summed E-state index contributed by atoms with van der Waals surface area (Å²) in [7, 11) is 0. The van der Waals surface area contributed by atoms with E-state index in [-0.39, 0.29) is 44.0 Å². The van der Waals surface area contributed by atoms with Gasteiger partial charge in [-0.2, -0.15) is 8.78 Å². The van der Waals surface area contributed by atoms with Crippen LogP contribution in [0.1, 0.15) is 44.7 Å². The number of Topliss-reactive ketones (excluding diaryl/α,β-unsaturated/α-hetero) is 2. The number of hydrogen-bond donors (Lipinski definition) is 2. The first-order valence-corrected chi connectivity index (χ1v) is 13.6. The number of ketones is 2. The fourth-order valence-electron chi connectivity index (χ4n) is 4.61. The van der Waals surface area contributed by atoms with Crippen molar-refractivity contribution in [3.63, 3.8) is 0 Å². The minimum Gasteiger partial charge on any atom is -0.481 e. The predicted octanol–water partition coefficient (Wildman–Crippen LogP) is 2.88. The number of halogens is 4. The van der Waals surface area contributed by atoms with Crippen molar-refractivity contribution >= 4 is 29.4 Å². The average Bonchev–Trinajstić information content (AvgIpc) is 3.21. The van der Waals surface area contributed by atoms with Crippen LogP contribution in [0, 0.1) is 23.3 Å². The minimum atomic E-state index is -1.91. The van der Waals surface area contributed by atoms with Crippen LogP contribution in [0.3, 0.4) is 0 Å². The summed E-state index contributed by atoms with van der Waals surface area (Å²) in [5, 5.41) is 11.4. The van der Waals surface area contributed by atoms with Gasteiger partial charge in [-0.05, 0) is 23.0 Å². The van der Waals surface area contributed by atoms with E-state index >= 15 is 0 Å². The van der Waals surface area contributed by atoms with Crippen molar-refractivity contribution in [3.05, 3.63) is 64.7 Å². The lowest BCUT2D eigenvalue weighted by atomic mass is 9.82. The van der Waals surface area contributed by atoms with Gasteiger partial charge in [0.1, 0.15) is 12.6 Å². The molecule has 2 aromatic rings. The molecule has 1 fully saturated rings. The van der Waals surface area contributed by atoms with Crippen LogP contribution in [-0.2, 0) is 40.5 Å². The van der Waals surface area contributed by atoms with Gasteiger partial charge in [-0.15, -0.1) is 0 Å². The van der Waals surface area contributed by atoms with E-state index in [4.69, 9.17) is 4.74 Å². The highest BCUT2D eigenvalue weighted by Gasteiger charge is 2.34. The molecule has 0 saturated carbocycles. The Hall–Kier alpha value is -4.33. The molecule has 1 aliphatic rings. The number of rotatable bonds is 11. The number of carbonyl (C=O) groups is 5. The second-order valence-electron chi connectivity index (χ2n) is 11.2. The van der Waals surface area contributed by atoms with Crippen molar-refractivity contribution in [2.75, 3.05) is 26.3 Å². The first kappa shape index (κ1) is 34.2. The van der Waals surface area contributed by atoms with E-state index in [9.17, 15) is 46.6 Å². The summed E-state index contributed by atoms with van der Waals surface area (Å²) < 4.78 is 64.8. The van der Waals surface area contributed by atoms with E-state index in [1.165, 1.54) is 0 Å². The van der Waals surface area contributed by atoms with Crippen molar-refractivity contribution < 1.29 is 56.1 Å². The lowest BCUT2D eigenvalue weighted by Crippen LogP contribution is -2.52. The van der Waals surface area contributed by atoms with Crippen LogP contribution >= 0.6 is 0 Å². The predicted molar refractivity (Wildman–Crippen MR) is 146 cm³/mol. The van der Waals surface area contributed by atoms with E-state index in [2.05, 4.69) is 10.1 Å². The summed E-state index contributed by atoms with van der Waals surface area (Å²) in [6.45, 7) is 4.35. The highest BCUT2D eigenvalue weighted by molar-refractivity contribution is 6.36. The van der Waals surface area contributed by atoms with Crippen LogP contribution in [0.25, 0.3) is 0 Å². The third-order valence-electron chi connectivity index (χ3n) is 6.79. The molecule has 2 aromatic carbocycles. The Morgan fingerprint density at radius 2 is 1.70 bits per heavy atom. The second kappa shape index (κ2) is 14.4. The quantitative estimate of drug-likeness (QED) is 0.221. The molecule has 14 heteroatoms. The van der Waals surface area contributed by atoms with Crippen LogP contribution in [0.15, 0.2) is 30.3 Å². The van der Waals surface area contributed by atoms with Crippen LogP contribution < -0.4 is 10.1 Å². The fraction of sp³-hybridized carbons (Fsp3) is 0.433. The minimum absolute atomic E-state index is 0.00669. The molecule has 0 bridgehead atoms. The van der Waals surface area contributed by atoms with Gasteiger partial charge in [-0.25, -0.2) is 8.78 Å². The SMILES string of the molecule is CC(C)(C)c1ccccc1CC(=O)C(=O)N1CCCO[C@@H](C(=O)N[C@@H](CC(=O)O)C(=O)COc2c(F)c(F)cc(F)c2F)C1. The van der Waals surface area contributed by atoms with Crippen LogP contribution in [0.5, 0.6) is 5.75 Å². The standard InChI is InChI=1S/C30H32F4N2O8/c1-30(2,3)17-8-5-4-7-16(17)11-21(37)29(42)36-9-6-10-43-23(14-36)28(41)35-20(13-24(39)40)22(38)15-44-27-25(33)18(31)12-19(32)26(27)34/h4-5,7-8,12,20,23H,6,9-11,13-15H2,1-3H3,(H,35,41)(H,39,40)/t20-,23+/m0/s1. The van der Waals surface area contributed by atoms with E-state index in [1.807, 2.05) is 32.9 Å². The first-order chi connectivity index (χ1) is 20.6. The van der Waals surface area contributed by atoms with E-state index in [0.29, 0.717) is 5.56 Å². The molecule has 10 nitrogen and oxygen atoms in total. The third-order valence-corrected chi connectivity index (χ3v) is 6.79. The highest BCUT2D eigenvalue weighted by Crippen LogP contribution is 2.27. The monoisotopic (exact) mass is 624 g/mol. The summed E-state index contributed by atoms with van der Waals surface area (Å²) in [5.74, 6) is -14.3. The van der Waals surface area contributed by atoms with Crippen LogP contribution in [0.2, 0.25) is 0 Å². The fourth-order valence-corrected chi connectivity index (χ4v) is 4.61. The maximum atomic E-state index is 13.9. The summed E-state index contributed by atoms with van der Waals surface area (Å²) in [5.41, 5.74) is 1.28. The summed E-state index contributed by atoms with van der Waals surface area (Å²) >= 11 is 0. The van der Waals surface area contributed by atoms with Crippen molar-refractivity contribution in [1.29, 1.82) is 0 Å². The third kappa shape index (κ3) is 8.62. The number of carboxylic acids is 1. The zero-order chi connectivity index (χ0) is 32.8. The molecule has 0 spiro atoms. The number of nitrogens with one attached hydrogen (secondary N) is 1. The van der Waals surface area contributed by atoms with Crippen LogP contribution in [0.4, 0.5) is 17.6 Å². The summed E-state index contributed by atoms with van der Waals surface area (Å²) in [4.78, 5) is 64.3. The average molecular weight is 625 g/mol. The second-order valence-corrected chi connectivity index (χ2v) is 11.2. The molecule has 1 aliphatic heterocycles. The Labute approximate surface area is 250 Å². The molecule has 2 N–H and O–H groups in total. The Bertz CT molecular complexity index is 1420. The molecule has 0 radical (unpaired) electrons. The van der Waals surface area contributed by atoms with Crippen molar-refractivity contribution in [2.45, 2.75) is 57.6 Å². The van der Waals surface area contributed by atoms with Gasteiger partial charge < -0.3 is 24.8 Å². The molecule has 2 atom stereocenters. The van der Waals surface area contributed by atoms with Crippen molar-refractivity contribution in [2.24, 2.45) is 0 Å². The normalized spacial score (nSPS) is 16.1. The number of ether oxygens (including phenoxy) is 2. The molecule has 1 saturated heterocycles. The Balaban J connectivity index is 1.69. The molecule has 3 rings (SSSR count).